The van der Waals surface area contributed by atoms with Crippen LogP contribution < -0.4 is 0 Å². The van der Waals surface area contributed by atoms with E-state index in [1.165, 1.54) is 5.57 Å². The van der Waals surface area contributed by atoms with Crippen molar-refractivity contribution in [3.05, 3.63) is 22.8 Å². The van der Waals surface area contributed by atoms with Gasteiger partial charge in [-0.2, -0.15) is 0 Å². The van der Waals surface area contributed by atoms with Gasteiger partial charge in [0.05, 0.1) is 0 Å². The third kappa shape index (κ3) is 4.47. The molecule has 0 amide bonds. The molecule has 0 radical (unpaired) electrons. The van der Waals surface area contributed by atoms with E-state index in [0.29, 0.717) is 0 Å². The fourth-order valence-corrected chi connectivity index (χ4v) is 1.65. The Balaban J connectivity index is 2.16. The molecule has 0 aromatic rings. The standard InChI is InChI=1S/C11H15ClO2/c12-10-7-5-9(6-8-10)3-1-2-4-11(13)14/h5,7H,1-4,6,8H2,(H,13,14). The molecule has 1 rings (SSSR count). The quantitative estimate of drug-likeness (QED) is 0.712. The van der Waals surface area contributed by atoms with Crippen molar-refractivity contribution in [3.63, 3.8) is 0 Å². The number of unbranched alkanes of at least 4 members (excludes halogenated alkanes) is 1. The van der Waals surface area contributed by atoms with Crippen LogP contribution in [0, 0.1) is 0 Å². The molecule has 14 heavy (non-hydrogen) atoms. The number of carbonyl (C=O) groups is 1. The topological polar surface area (TPSA) is 37.3 Å². The van der Waals surface area contributed by atoms with Crippen LogP contribution in [-0.2, 0) is 4.79 Å². The maximum atomic E-state index is 10.3. The van der Waals surface area contributed by atoms with E-state index < -0.39 is 5.97 Å². The molecule has 0 bridgehead atoms. The smallest absolute Gasteiger partial charge is 0.303 e. The summed E-state index contributed by atoms with van der Waals surface area (Å²) in [6, 6.07) is 0. The van der Waals surface area contributed by atoms with Gasteiger partial charge in [-0.3, -0.25) is 4.79 Å². The molecule has 0 atom stereocenters. The van der Waals surface area contributed by atoms with Crippen LogP contribution in [0.3, 0.4) is 0 Å². The van der Waals surface area contributed by atoms with E-state index in [2.05, 4.69) is 6.08 Å². The molecule has 0 saturated heterocycles. The minimum atomic E-state index is -0.703. The van der Waals surface area contributed by atoms with Crippen LogP contribution in [0.1, 0.15) is 38.5 Å². The van der Waals surface area contributed by atoms with Gasteiger partial charge in [-0.1, -0.05) is 23.3 Å². The molecule has 0 aromatic heterocycles. The van der Waals surface area contributed by atoms with Gasteiger partial charge in [0, 0.05) is 11.5 Å². The van der Waals surface area contributed by atoms with Gasteiger partial charge < -0.3 is 5.11 Å². The summed E-state index contributed by atoms with van der Waals surface area (Å²) >= 11 is 5.82. The van der Waals surface area contributed by atoms with Crippen LogP contribution in [0.2, 0.25) is 0 Å². The second-order valence-electron chi connectivity index (χ2n) is 3.54. The lowest BCUT2D eigenvalue weighted by Crippen LogP contribution is -1.95. The van der Waals surface area contributed by atoms with Crippen molar-refractivity contribution in [2.45, 2.75) is 38.5 Å². The highest BCUT2D eigenvalue weighted by Crippen LogP contribution is 2.24. The first-order chi connectivity index (χ1) is 6.68. The maximum Gasteiger partial charge on any atom is 0.303 e. The summed E-state index contributed by atoms with van der Waals surface area (Å²) in [4.78, 5) is 10.3. The molecule has 0 spiro atoms. The van der Waals surface area contributed by atoms with Crippen LogP contribution >= 0.6 is 11.6 Å². The van der Waals surface area contributed by atoms with E-state index in [4.69, 9.17) is 16.7 Å². The third-order valence-electron chi connectivity index (χ3n) is 2.32. The molecular weight excluding hydrogens is 200 g/mol. The van der Waals surface area contributed by atoms with Crippen LogP contribution in [0.25, 0.3) is 0 Å². The molecule has 78 valence electrons. The predicted octanol–water partition coefficient (Wildman–Crippen LogP) is 3.47. The minimum absolute atomic E-state index is 0.282. The Morgan fingerprint density at radius 2 is 2.14 bits per heavy atom. The Morgan fingerprint density at radius 1 is 1.36 bits per heavy atom. The van der Waals surface area contributed by atoms with Crippen LogP contribution in [-0.4, -0.2) is 11.1 Å². The van der Waals surface area contributed by atoms with Crippen molar-refractivity contribution in [3.8, 4) is 0 Å². The molecule has 1 aliphatic rings. The van der Waals surface area contributed by atoms with Gasteiger partial charge in [-0.15, -0.1) is 0 Å². The minimum Gasteiger partial charge on any atom is -0.481 e. The van der Waals surface area contributed by atoms with E-state index in [1.807, 2.05) is 6.08 Å². The number of hydrogen-bond acceptors (Lipinski definition) is 1. The lowest BCUT2D eigenvalue weighted by Gasteiger charge is -2.10. The highest BCUT2D eigenvalue weighted by atomic mass is 35.5. The zero-order valence-corrected chi connectivity index (χ0v) is 8.89. The Hall–Kier alpha value is -0.760. The normalized spacial score (nSPS) is 16.1. The molecule has 3 heteroatoms. The summed E-state index contributed by atoms with van der Waals surface area (Å²) in [5.41, 5.74) is 1.39. The van der Waals surface area contributed by atoms with Crippen molar-refractivity contribution in [2.24, 2.45) is 0 Å². The third-order valence-corrected chi connectivity index (χ3v) is 2.64. The highest BCUT2D eigenvalue weighted by Gasteiger charge is 2.04. The number of carboxylic acid groups (broad SMARTS) is 1. The van der Waals surface area contributed by atoms with Crippen molar-refractivity contribution < 1.29 is 9.90 Å². The summed E-state index contributed by atoms with van der Waals surface area (Å²) < 4.78 is 0. The number of aliphatic carboxylic acids is 1. The fourth-order valence-electron chi connectivity index (χ4n) is 1.49. The average molecular weight is 215 g/mol. The van der Waals surface area contributed by atoms with E-state index in [-0.39, 0.29) is 6.42 Å². The lowest BCUT2D eigenvalue weighted by atomic mass is 9.99. The summed E-state index contributed by atoms with van der Waals surface area (Å²) in [5, 5.41) is 9.36. The van der Waals surface area contributed by atoms with Gasteiger partial charge in [-0.25, -0.2) is 0 Å². The van der Waals surface area contributed by atoms with Crippen LogP contribution in [0.4, 0.5) is 0 Å². The van der Waals surface area contributed by atoms with Crippen molar-refractivity contribution >= 4 is 17.6 Å². The molecule has 0 heterocycles. The number of halogens is 1. The number of allylic oxidation sites excluding steroid dienone is 4. The highest BCUT2D eigenvalue weighted by molar-refractivity contribution is 6.29. The molecule has 0 saturated carbocycles. The number of hydrogen-bond donors (Lipinski definition) is 1. The van der Waals surface area contributed by atoms with Crippen LogP contribution in [0.5, 0.6) is 0 Å². The van der Waals surface area contributed by atoms with E-state index in [1.54, 1.807) is 0 Å². The van der Waals surface area contributed by atoms with Crippen molar-refractivity contribution in [1.82, 2.24) is 0 Å². The number of rotatable bonds is 5. The molecule has 0 aliphatic heterocycles. The van der Waals surface area contributed by atoms with Gasteiger partial charge in [0.25, 0.3) is 0 Å². The van der Waals surface area contributed by atoms with Gasteiger partial charge in [-0.05, 0) is 38.2 Å². The first kappa shape index (κ1) is 11.3. The predicted molar refractivity (Wildman–Crippen MR) is 57.4 cm³/mol. The molecule has 0 fully saturated rings. The molecule has 1 N–H and O–H groups in total. The lowest BCUT2D eigenvalue weighted by molar-refractivity contribution is -0.137. The van der Waals surface area contributed by atoms with E-state index in [9.17, 15) is 4.79 Å². The SMILES string of the molecule is O=C(O)CCCCC1=CC=C(Cl)CC1. The second-order valence-corrected chi connectivity index (χ2v) is 4.02. The Bertz CT molecular complexity index is 266. The maximum absolute atomic E-state index is 10.3. The number of carboxylic acids is 1. The first-order valence-corrected chi connectivity index (χ1v) is 5.32. The van der Waals surface area contributed by atoms with Crippen molar-refractivity contribution in [1.29, 1.82) is 0 Å². The van der Waals surface area contributed by atoms with Crippen LogP contribution in [0.15, 0.2) is 22.8 Å². The van der Waals surface area contributed by atoms with E-state index >= 15 is 0 Å². The molecular formula is C11H15ClO2. The second kappa shape index (κ2) is 5.86. The van der Waals surface area contributed by atoms with Gasteiger partial charge >= 0.3 is 5.97 Å². The van der Waals surface area contributed by atoms with Crippen molar-refractivity contribution in [2.75, 3.05) is 0 Å². The Kier molecular flexibility index (Phi) is 4.74. The van der Waals surface area contributed by atoms with E-state index in [0.717, 1.165) is 37.1 Å². The summed E-state index contributed by atoms with van der Waals surface area (Å²) in [6.45, 7) is 0. The summed E-state index contributed by atoms with van der Waals surface area (Å²) in [5.74, 6) is -0.703. The monoisotopic (exact) mass is 214 g/mol. The summed E-state index contributed by atoms with van der Waals surface area (Å²) in [7, 11) is 0. The summed E-state index contributed by atoms with van der Waals surface area (Å²) in [6.07, 6.45) is 8.99. The van der Waals surface area contributed by atoms with Gasteiger partial charge in [0.15, 0.2) is 0 Å². The molecule has 1 aliphatic carbocycles. The molecule has 0 aromatic carbocycles. The largest absolute Gasteiger partial charge is 0.481 e. The Morgan fingerprint density at radius 3 is 2.71 bits per heavy atom. The average Bonchev–Trinajstić information content (AvgIpc) is 2.15. The van der Waals surface area contributed by atoms with Gasteiger partial charge in [0.1, 0.15) is 0 Å². The zero-order chi connectivity index (χ0) is 10.4. The fraction of sp³-hybridized carbons (Fsp3) is 0.545. The Labute approximate surface area is 89.3 Å². The van der Waals surface area contributed by atoms with Gasteiger partial charge in [0.2, 0.25) is 0 Å². The molecule has 2 nitrogen and oxygen atoms in total. The zero-order valence-electron chi connectivity index (χ0n) is 8.13. The molecule has 0 unspecified atom stereocenters. The first-order valence-electron chi connectivity index (χ1n) is 4.94.